The number of benzene rings is 3. The number of hydrogen-bond donors (Lipinski definition) is 1. The third-order valence-corrected chi connectivity index (χ3v) is 17.5. The van der Waals surface area contributed by atoms with Crippen molar-refractivity contribution in [2.45, 2.75) is 132 Å². The van der Waals surface area contributed by atoms with Crippen molar-refractivity contribution in [3.63, 3.8) is 0 Å². The molecule has 4 aromatic rings. The molecule has 63 heavy (non-hydrogen) atoms. The quantitative estimate of drug-likeness (QED) is 0.205. The number of piperidine rings is 3. The van der Waals surface area contributed by atoms with Gasteiger partial charge in [0.1, 0.15) is 17.6 Å². The standard InChI is InChI=1S/C51H57ClN6O5/c52-39-5-4-6-40-44(39)47(61)54-49-51(19-2-1-3-20-51)37-13-9-33(27-42(37)58(40)49)32-17-23-56(24-18-32)34-10-7-31(8-11-34)28-55-25-21-50(22-26-55)30-63-45-36-29-57(41-15-16-43(59)53-46(41)60)48(62)35(36)12-14-38(45)50/h4-6,9,12-14,27,31-32,34,41H,1-3,7-8,10-11,15-26,28-30H2,(H,53,59,60)/t31?,34?,41-/m0/s1. The lowest BCUT2D eigenvalue weighted by Crippen LogP contribution is -2.52. The van der Waals surface area contributed by atoms with Gasteiger partial charge in [-0.1, -0.05) is 55.1 Å². The number of amides is 3. The topological polar surface area (TPSA) is 117 Å². The summed E-state index contributed by atoms with van der Waals surface area (Å²) in [6.07, 6.45) is 15.8. The Hall–Kier alpha value is -4.58. The molecule has 11 nitrogen and oxygen atoms in total. The number of nitrogens with zero attached hydrogens (tertiary/aromatic N) is 5. The Morgan fingerprint density at radius 3 is 2.38 bits per heavy atom. The predicted octanol–water partition coefficient (Wildman–Crippen LogP) is 7.53. The lowest BCUT2D eigenvalue weighted by Gasteiger charge is -2.43. The molecular formula is C51H57ClN6O5. The minimum absolute atomic E-state index is 0.0298. The van der Waals surface area contributed by atoms with Crippen molar-refractivity contribution in [2.75, 3.05) is 39.3 Å². The van der Waals surface area contributed by atoms with Crippen LogP contribution in [0.4, 0.5) is 0 Å². The fraction of sp³-hybridized carbons (Fsp3) is 0.549. The zero-order valence-corrected chi connectivity index (χ0v) is 36.9. The van der Waals surface area contributed by atoms with Crippen LogP contribution in [0.1, 0.15) is 141 Å². The van der Waals surface area contributed by atoms with E-state index in [1.165, 1.54) is 73.9 Å². The Labute approximate surface area is 373 Å². The van der Waals surface area contributed by atoms with E-state index < -0.39 is 6.04 Å². The van der Waals surface area contributed by atoms with Crippen molar-refractivity contribution in [3.8, 4) is 11.4 Å². The van der Waals surface area contributed by atoms with E-state index in [-0.39, 0.29) is 40.5 Å². The van der Waals surface area contributed by atoms with E-state index in [2.05, 4.69) is 43.9 Å². The van der Waals surface area contributed by atoms with Crippen molar-refractivity contribution < 1.29 is 19.1 Å². The molecule has 1 atom stereocenters. The molecule has 12 rings (SSSR count). The Kier molecular flexibility index (Phi) is 9.69. The summed E-state index contributed by atoms with van der Waals surface area (Å²) in [5.74, 6) is 2.24. The molecule has 7 heterocycles. The summed E-state index contributed by atoms with van der Waals surface area (Å²) in [6.45, 7) is 6.59. The van der Waals surface area contributed by atoms with Gasteiger partial charge in [-0.05, 0) is 144 Å². The zero-order valence-electron chi connectivity index (χ0n) is 36.1. The van der Waals surface area contributed by atoms with Gasteiger partial charge in [0, 0.05) is 41.1 Å². The van der Waals surface area contributed by atoms with E-state index in [4.69, 9.17) is 21.3 Å². The van der Waals surface area contributed by atoms with Crippen LogP contribution in [0.3, 0.4) is 0 Å². The van der Waals surface area contributed by atoms with Crippen LogP contribution in [-0.2, 0) is 27.0 Å². The number of carbonyl (C=O) groups is 3. The Morgan fingerprint density at radius 1 is 0.825 bits per heavy atom. The van der Waals surface area contributed by atoms with Gasteiger partial charge in [0.25, 0.3) is 11.5 Å². The minimum atomic E-state index is -0.619. The first-order chi connectivity index (χ1) is 30.7. The van der Waals surface area contributed by atoms with Gasteiger partial charge in [0.05, 0.1) is 40.2 Å². The normalized spacial score (nSPS) is 26.8. The predicted molar refractivity (Wildman–Crippen MR) is 241 cm³/mol. The maximum absolute atomic E-state index is 13.4. The summed E-state index contributed by atoms with van der Waals surface area (Å²) in [7, 11) is 0. The summed E-state index contributed by atoms with van der Waals surface area (Å²) in [5.41, 5.74) is 7.16. The van der Waals surface area contributed by atoms with E-state index in [1.807, 2.05) is 18.2 Å². The van der Waals surface area contributed by atoms with Crippen LogP contribution in [0.2, 0.25) is 5.02 Å². The van der Waals surface area contributed by atoms with Crippen molar-refractivity contribution in [1.29, 1.82) is 0 Å². The number of halogens is 1. The van der Waals surface area contributed by atoms with Gasteiger partial charge >= 0.3 is 0 Å². The largest absolute Gasteiger partial charge is 0.492 e. The molecule has 328 valence electrons. The first-order valence-electron chi connectivity index (χ1n) is 24.0. The van der Waals surface area contributed by atoms with Gasteiger partial charge in [0.2, 0.25) is 11.8 Å². The van der Waals surface area contributed by atoms with Crippen LogP contribution < -0.4 is 15.6 Å². The van der Waals surface area contributed by atoms with E-state index in [1.54, 1.807) is 11.0 Å². The van der Waals surface area contributed by atoms with Gasteiger partial charge in [0.15, 0.2) is 0 Å². The number of imide groups is 1. The molecule has 6 aliphatic heterocycles. The average molecular weight is 870 g/mol. The SMILES string of the molecule is O=C1CC[C@H](N2Cc3c(ccc4c3OCC43CCN(CC4CCC(N5CCC(c6ccc7c(c6)-n6c(nc(=O)c8c(Cl)cccc86)C76CCCCC6)CC5)CC4)CC3)C2=O)C(=O)N1. The van der Waals surface area contributed by atoms with E-state index in [0.717, 1.165) is 93.3 Å². The minimum Gasteiger partial charge on any atom is -0.492 e. The number of ether oxygens (including phenoxy) is 1. The summed E-state index contributed by atoms with van der Waals surface area (Å²) >= 11 is 6.64. The van der Waals surface area contributed by atoms with Crippen LogP contribution in [0.15, 0.2) is 53.3 Å². The van der Waals surface area contributed by atoms with E-state index >= 15 is 0 Å². The molecule has 1 aromatic heterocycles. The number of rotatable bonds is 5. The second-order valence-electron chi connectivity index (χ2n) is 20.4. The third kappa shape index (κ3) is 6.37. The van der Waals surface area contributed by atoms with Crippen molar-refractivity contribution in [3.05, 3.63) is 97.5 Å². The summed E-state index contributed by atoms with van der Waals surface area (Å²) in [4.78, 5) is 63.2. The van der Waals surface area contributed by atoms with Gasteiger partial charge in [-0.2, -0.15) is 4.98 Å². The van der Waals surface area contributed by atoms with Crippen LogP contribution in [0, 0.1) is 5.92 Å². The lowest BCUT2D eigenvalue weighted by molar-refractivity contribution is -0.136. The molecule has 3 saturated heterocycles. The molecule has 5 fully saturated rings. The summed E-state index contributed by atoms with van der Waals surface area (Å²) in [5, 5.41) is 3.41. The second-order valence-corrected chi connectivity index (χ2v) is 20.8. The van der Waals surface area contributed by atoms with Crippen LogP contribution >= 0.6 is 11.6 Å². The highest BCUT2D eigenvalue weighted by molar-refractivity contribution is 6.35. The number of fused-ring (bicyclic) bond motifs is 11. The Balaban J connectivity index is 0.658. The first kappa shape index (κ1) is 40.0. The summed E-state index contributed by atoms with van der Waals surface area (Å²) < 4.78 is 8.74. The molecule has 2 spiro atoms. The molecule has 3 aromatic carbocycles. The smallest absolute Gasteiger partial charge is 0.282 e. The van der Waals surface area contributed by atoms with Crippen molar-refractivity contribution >= 4 is 40.2 Å². The number of nitrogens with one attached hydrogen (secondary N) is 1. The Bertz CT molecular complexity index is 2610. The Morgan fingerprint density at radius 2 is 1.60 bits per heavy atom. The van der Waals surface area contributed by atoms with Crippen molar-refractivity contribution in [1.82, 2.24) is 29.6 Å². The molecular weight excluding hydrogens is 812 g/mol. The maximum atomic E-state index is 13.4. The van der Waals surface area contributed by atoms with Gasteiger partial charge in [-0.25, -0.2) is 0 Å². The average Bonchev–Trinajstić information content (AvgIpc) is 3.92. The van der Waals surface area contributed by atoms with Crippen LogP contribution in [0.5, 0.6) is 5.75 Å². The number of carbonyl (C=O) groups excluding carboxylic acids is 3. The molecule has 0 radical (unpaired) electrons. The molecule has 8 aliphatic rings. The van der Waals surface area contributed by atoms with Crippen LogP contribution in [-0.4, -0.2) is 93.4 Å². The van der Waals surface area contributed by atoms with Crippen LogP contribution in [0.25, 0.3) is 16.6 Å². The fourth-order valence-electron chi connectivity index (χ4n) is 13.7. The molecule has 1 N–H and O–H groups in total. The van der Waals surface area contributed by atoms with E-state index in [9.17, 15) is 19.2 Å². The monoisotopic (exact) mass is 868 g/mol. The molecule has 0 unspecified atom stereocenters. The third-order valence-electron chi connectivity index (χ3n) is 17.2. The van der Waals surface area contributed by atoms with Gasteiger partial charge < -0.3 is 19.4 Å². The van der Waals surface area contributed by atoms with E-state index in [0.29, 0.717) is 47.5 Å². The number of likely N-dealkylation sites (tertiary alicyclic amines) is 2. The second kappa shape index (κ2) is 15.3. The number of hydrogen-bond acceptors (Lipinski definition) is 8. The molecule has 2 saturated carbocycles. The highest BCUT2D eigenvalue weighted by Crippen LogP contribution is 2.53. The van der Waals surface area contributed by atoms with Gasteiger partial charge in [-0.3, -0.25) is 29.1 Å². The molecule has 12 heteroatoms. The lowest BCUT2D eigenvalue weighted by atomic mass is 9.69. The summed E-state index contributed by atoms with van der Waals surface area (Å²) in [6, 6.07) is 17.2. The first-order valence-corrected chi connectivity index (χ1v) is 24.3. The molecule has 3 amide bonds. The fourth-order valence-corrected chi connectivity index (χ4v) is 13.9. The highest BCUT2D eigenvalue weighted by Gasteiger charge is 2.49. The zero-order chi connectivity index (χ0) is 42.6. The number of aromatic nitrogens is 2. The molecule has 0 bridgehead atoms. The van der Waals surface area contributed by atoms with Gasteiger partial charge in [-0.15, -0.1) is 0 Å². The van der Waals surface area contributed by atoms with Crippen molar-refractivity contribution in [2.24, 2.45) is 5.92 Å². The maximum Gasteiger partial charge on any atom is 0.282 e. The molecule has 2 aliphatic carbocycles. The highest BCUT2D eigenvalue weighted by atomic mass is 35.5.